The lowest BCUT2D eigenvalue weighted by Gasteiger charge is -2.21. The first-order valence-corrected chi connectivity index (χ1v) is 9.36. The number of para-hydroxylation sites is 1. The summed E-state index contributed by atoms with van der Waals surface area (Å²) in [5.41, 5.74) is 3.74. The number of tetrazole rings is 1. The summed E-state index contributed by atoms with van der Waals surface area (Å²) < 4.78 is 1.84. The van der Waals surface area contributed by atoms with Gasteiger partial charge in [-0.1, -0.05) is 56.3 Å². The van der Waals surface area contributed by atoms with Crippen LogP contribution in [0, 0.1) is 0 Å². The van der Waals surface area contributed by atoms with E-state index in [1.807, 2.05) is 35.0 Å². The molecule has 0 bridgehead atoms. The third-order valence-electron chi connectivity index (χ3n) is 4.97. The highest BCUT2D eigenvalue weighted by molar-refractivity contribution is 5.30. The third-order valence-corrected chi connectivity index (χ3v) is 4.97. The predicted octanol–water partition coefficient (Wildman–Crippen LogP) is 3.95. The zero-order valence-electron chi connectivity index (χ0n) is 15.4. The zero-order chi connectivity index (χ0) is 17.9. The molecule has 2 aromatic carbocycles. The van der Waals surface area contributed by atoms with Crippen LogP contribution in [-0.2, 0) is 13.1 Å². The number of hydrogen-bond acceptors (Lipinski definition) is 4. The number of benzene rings is 2. The van der Waals surface area contributed by atoms with E-state index >= 15 is 0 Å². The quantitative estimate of drug-likeness (QED) is 0.649. The Morgan fingerprint density at radius 1 is 1.00 bits per heavy atom. The van der Waals surface area contributed by atoms with Crippen LogP contribution in [0.1, 0.15) is 49.6 Å². The van der Waals surface area contributed by atoms with Crippen molar-refractivity contribution in [3.63, 3.8) is 0 Å². The first kappa shape index (κ1) is 16.9. The van der Waals surface area contributed by atoms with Crippen LogP contribution in [0.25, 0.3) is 5.69 Å². The van der Waals surface area contributed by atoms with Crippen molar-refractivity contribution in [2.75, 3.05) is 0 Å². The molecular formula is C21H25N5. The highest BCUT2D eigenvalue weighted by Crippen LogP contribution is 2.30. The van der Waals surface area contributed by atoms with Gasteiger partial charge in [-0.15, -0.1) is 5.10 Å². The molecule has 0 aliphatic heterocycles. The zero-order valence-corrected chi connectivity index (χ0v) is 15.4. The van der Waals surface area contributed by atoms with Crippen molar-refractivity contribution in [1.29, 1.82) is 0 Å². The first-order chi connectivity index (χ1) is 12.7. The molecule has 1 aliphatic carbocycles. The fourth-order valence-electron chi connectivity index (χ4n) is 3.25. The van der Waals surface area contributed by atoms with Crippen molar-refractivity contribution >= 4 is 0 Å². The summed E-state index contributed by atoms with van der Waals surface area (Å²) in [4.78, 5) is 2.50. The molecule has 5 heteroatoms. The van der Waals surface area contributed by atoms with Gasteiger partial charge in [0.05, 0.1) is 12.2 Å². The van der Waals surface area contributed by atoms with E-state index < -0.39 is 0 Å². The van der Waals surface area contributed by atoms with Crippen LogP contribution in [-0.4, -0.2) is 31.1 Å². The minimum Gasteiger partial charge on any atom is -0.289 e. The van der Waals surface area contributed by atoms with Crippen LogP contribution in [0.3, 0.4) is 0 Å². The summed E-state index contributed by atoms with van der Waals surface area (Å²) in [5, 5.41) is 12.4. The van der Waals surface area contributed by atoms with E-state index in [-0.39, 0.29) is 0 Å². The van der Waals surface area contributed by atoms with Crippen molar-refractivity contribution in [3.05, 3.63) is 71.5 Å². The van der Waals surface area contributed by atoms with Gasteiger partial charge in [0, 0.05) is 12.6 Å². The van der Waals surface area contributed by atoms with Gasteiger partial charge in [-0.25, -0.2) is 0 Å². The molecule has 0 N–H and O–H groups in total. The van der Waals surface area contributed by atoms with E-state index in [1.165, 1.54) is 24.0 Å². The second-order valence-electron chi connectivity index (χ2n) is 7.37. The van der Waals surface area contributed by atoms with Gasteiger partial charge in [0.1, 0.15) is 0 Å². The maximum Gasteiger partial charge on any atom is 0.170 e. The Hall–Kier alpha value is -2.53. The minimum atomic E-state index is 0.569. The maximum atomic E-state index is 4.28. The van der Waals surface area contributed by atoms with Crippen LogP contribution < -0.4 is 0 Å². The molecule has 3 aromatic rings. The van der Waals surface area contributed by atoms with E-state index in [2.05, 4.69) is 58.5 Å². The van der Waals surface area contributed by atoms with Crippen molar-refractivity contribution in [3.8, 4) is 5.69 Å². The summed E-state index contributed by atoms with van der Waals surface area (Å²) in [6.45, 7) is 6.16. The Morgan fingerprint density at radius 3 is 2.38 bits per heavy atom. The lowest BCUT2D eigenvalue weighted by molar-refractivity contribution is 0.237. The van der Waals surface area contributed by atoms with E-state index in [0.29, 0.717) is 12.0 Å². The topological polar surface area (TPSA) is 46.8 Å². The van der Waals surface area contributed by atoms with E-state index in [1.54, 1.807) is 0 Å². The van der Waals surface area contributed by atoms with Crippen LogP contribution in [0.15, 0.2) is 54.6 Å². The summed E-state index contributed by atoms with van der Waals surface area (Å²) in [6, 6.07) is 19.7. The maximum absolute atomic E-state index is 4.28. The highest BCUT2D eigenvalue weighted by Gasteiger charge is 2.30. The molecule has 0 atom stereocenters. The fourth-order valence-corrected chi connectivity index (χ4v) is 3.25. The van der Waals surface area contributed by atoms with Gasteiger partial charge in [0.25, 0.3) is 0 Å². The molecule has 134 valence electrons. The lowest BCUT2D eigenvalue weighted by atomic mass is 10.0. The molecule has 1 aliphatic rings. The molecule has 1 saturated carbocycles. The minimum absolute atomic E-state index is 0.569. The van der Waals surface area contributed by atoms with Crippen molar-refractivity contribution in [2.24, 2.45) is 0 Å². The predicted molar refractivity (Wildman–Crippen MR) is 102 cm³/mol. The summed E-state index contributed by atoms with van der Waals surface area (Å²) in [5.74, 6) is 1.46. The standard InChI is InChI=1S/C21H25N5/c1-16(2)18-10-8-17(9-11-18)14-25(19-12-13-19)15-21-22-23-24-26(21)20-6-4-3-5-7-20/h3-11,16,19H,12-15H2,1-2H3. The fraction of sp³-hybridized carbons (Fsp3) is 0.381. The normalized spacial score (nSPS) is 14.3. The molecule has 1 heterocycles. The van der Waals surface area contributed by atoms with Crippen LogP contribution in [0.5, 0.6) is 0 Å². The molecule has 0 spiro atoms. The van der Waals surface area contributed by atoms with Crippen molar-refractivity contribution in [2.45, 2.75) is 51.7 Å². The van der Waals surface area contributed by atoms with Crippen molar-refractivity contribution in [1.82, 2.24) is 25.1 Å². The van der Waals surface area contributed by atoms with Gasteiger partial charge in [-0.3, -0.25) is 4.90 Å². The van der Waals surface area contributed by atoms with Crippen molar-refractivity contribution < 1.29 is 0 Å². The van der Waals surface area contributed by atoms with Gasteiger partial charge in [-0.2, -0.15) is 4.68 Å². The Bertz CT molecular complexity index is 834. The molecule has 26 heavy (non-hydrogen) atoms. The molecule has 0 saturated heterocycles. The molecule has 1 fully saturated rings. The lowest BCUT2D eigenvalue weighted by Crippen LogP contribution is -2.26. The first-order valence-electron chi connectivity index (χ1n) is 9.36. The Kier molecular flexibility index (Phi) is 4.80. The second-order valence-corrected chi connectivity index (χ2v) is 7.37. The monoisotopic (exact) mass is 347 g/mol. The Balaban J connectivity index is 1.51. The SMILES string of the molecule is CC(C)c1ccc(CN(Cc2nnnn2-c2ccccc2)C2CC2)cc1. The largest absolute Gasteiger partial charge is 0.289 e. The third kappa shape index (κ3) is 3.83. The molecule has 0 unspecified atom stereocenters. The smallest absolute Gasteiger partial charge is 0.170 e. The van der Waals surface area contributed by atoms with Gasteiger partial charge in [-0.05, 0) is 52.4 Å². The van der Waals surface area contributed by atoms with Gasteiger partial charge in [0.15, 0.2) is 5.82 Å². The molecule has 4 rings (SSSR count). The highest BCUT2D eigenvalue weighted by atomic mass is 15.5. The van der Waals surface area contributed by atoms with Gasteiger partial charge < -0.3 is 0 Å². The summed E-state index contributed by atoms with van der Waals surface area (Å²) in [7, 11) is 0. The molecule has 1 aromatic heterocycles. The molecule has 0 radical (unpaired) electrons. The van der Waals surface area contributed by atoms with E-state index in [4.69, 9.17) is 0 Å². The van der Waals surface area contributed by atoms with Crippen LogP contribution in [0.2, 0.25) is 0 Å². The Morgan fingerprint density at radius 2 is 1.73 bits per heavy atom. The van der Waals surface area contributed by atoms with Gasteiger partial charge in [0.2, 0.25) is 0 Å². The van der Waals surface area contributed by atoms with Gasteiger partial charge >= 0.3 is 0 Å². The number of rotatable bonds is 7. The average Bonchev–Trinajstić information content (AvgIpc) is 3.41. The van der Waals surface area contributed by atoms with Crippen LogP contribution in [0.4, 0.5) is 0 Å². The number of nitrogens with zero attached hydrogens (tertiary/aromatic N) is 5. The Labute approximate surface area is 154 Å². The van der Waals surface area contributed by atoms with Crippen LogP contribution >= 0.6 is 0 Å². The average molecular weight is 347 g/mol. The summed E-state index contributed by atoms with van der Waals surface area (Å²) in [6.07, 6.45) is 2.52. The molecular weight excluding hydrogens is 322 g/mol. The van der Waals surface area contributed by atoms with E-state index in [0.717, 1.165) is 24.6 Å². The number of aromatic nitrogens is 4. The molecule has 5 nitrogen and oxygen atoms in total. The molecule has 0 amide bonds. The number of hydrogen-bond donors (Lipinski definition) is 0. The second kappa shape index (κ2) is 7.38. The summed E-state index contributed by atoms with van der Waals surface area (Å²) >= 11 is 0. The van der Waals surface area contributed by atoms with E-state index in [9.17, 15) is 0 Å².